The summed E-state index contributed by atoms with van der Waals surface area (Å²) in [6.07, 6.45) is 6.27. The number of hydrogen-bond acceptors (Lipinski definition) is 2. The Labute approximate surface area is 81.5 Å². The lowest BCUT2D eigenvalue weighted by molar-refractivity contribution is 0.130. The first kappa shape index (κ1) is 6.85. The molecule has 1 aliphatic carbocycles. The van der Waals surface area contributed by atoms with Crippen molar-refractivity contribution >= 4 is 5.57 Å². The second-order valence-electron chi connectivity index (χ2n) is 3.77. The highest BCUT2D eigenvalue weighted by atomic mass is 16.8. The maximum Gasteiger partial charge on any atom is 0.269 e. The van der Waals surface area contributed by atoms with E-state index in [-0.39, 0.29) is 6.10 Å². The number of fused-ring (bicyclic) bond motifs is 2. The summed E-state index contributed by atoms with van der Waals surface area (Å²) in [4.78, 5) is 0. The predicted octanol–water partition coefficient (Wildman–Crippen LogP) is 2.13. The van der Waals surface area contributed by atoms with Crippen molar-refractivity contribution in [3.8, 4) is 5.75 Å². The largest absolute Gasteiger partial charge is 0.454 e. The van der Waals surface area contributed by atoms with Crippen LogP contribution in [0.25, 0.3) is 5.57 Å². The summed E-state index contributed by atoms with van der Waals surface area (Å²) in [6, 6.07) is 8.08. The highest BCUT2D eigenvalue weighted by Gasteiger charge is 2.65. The van der Waals surface area contributed by atoms with Crippen molar-refractivity contribution in [3.05, 3.63) is 48.1 Å². The summed E-state index contributed by atoms with van der Waals surface area (Å²) in [5, 5.41) is 0. The van der Waals surface area contributed by atoms with E-state index in [2.05, 4.69) is 12.1 Å². The van der Waals surface area contributed by atoms with Gasteiger partial charge in [-0.25, -0.2) is 0 Å². The topological polar surface area (TPSA) is 21.8 Å². The van der Waals surface area contributed by atoms with Gasteiger partial charge < -0.3 is 9.47 Å². The number of allylic oxidation sites excluding steroid dienone is 2. The number of ether oxygens (including phenoxy) is 2. The molecule has 3 aliphatic rings. The van der Waals surface area contributed by atoms with Gasteiger partial charge in [-0.2, -0.15) is 0 Å². The number of epoxide rings is 1. The molecule has 0 saturated carbocycles. The molecule has 0 N–H and O–H groups in total. The highest BCUT2D eigenvalue weighted by Crippen LogP contribution is 2.57. The van der Waals surface area contributed by atoms with Gasteiger partial charge in [-0.1, -0.05) is 30.4 Å². The minimum atomic E-state index is -0.460. The van der Waals surface area contributed by atoms with Crippen LogP contribution >= 0.6 is 0 Å². The smallest absolute Gasteiger partial charge is 0.269 e. The molecule has 2 heterocycles. The Bertz CT molecular complexity index is 487. The summed E-state index contributed by atoms with van der Waals surface area (Å²) in [7, 11) is 0. The summed E-state index contributed by atoms with van der Waals surface area (Å²) >= 11 is 0. The molecule has 2 aliphatic heterocycles. The third-order valence-corrected chi connectivity index (χ3v) is 2.98. The van der Waals surface area contributed by atoms with E-state index in [0.29, 0.717) is 0 Å². The van der Waals surface area contributed by atoms with Crippen molar-refractivity contribution in [2.45, 2.75) is 11.9 Å². The van der Waals surface area contributed by atoms with Crippen molar-refractivity contribution in [1.29, 1.82) is 0 Å². The monoisotopic (exact) mass is 184 g/mol. The van der Waals surface area contributed by atoms with Crippen molar-refractivity contribution in [2.24, 2.45) is 0 Å². The van der Waals surface area contributed by atoms with Gasteiger partial charge in [0.15, 0.2) is 6.10 Å². The fourth-order valence-corrected chi connectivity index (χ4v) is 2.26. The van der Waals surface area contributed by atoms with Crippen LogP contribution in [0.15, 0.2) is 42.5 Å². The molecule has 1 fully saturated rings. The molecule has 0 amide bonds. The quantitative estimate of drug-likeness (QED) is 0.576. The van der Waals surface area contributed by atoms with Crippen molar-refractivity contribution < 1.29 is 9.47 Å². The first-order valence-corrected chi connectivity index (χ1v) is 4.75. The van der Waals surface area contributed by atoms with E-state index in [9.17, 15) is 0 Å². The molecule has 2 atom stereocenters. The Morgan fingerprint density at radius 3 is 3.14 bits per heavy atom. The van der Waals surface area contributed by atoms with E-state index >= 15 is 0 Å². The number of rotatable bonds is 0. The van der Waals surface area contributed by atoms with Gasteiger partial charge in [-0.3, -0.25) is 0 Å². The van der Waals surface area contributed by atoms with Crippen molar-refractivity contribution in [3.63, 3.8) is 0 Å². The van der Waals surface area contributed by atoms with Crippen LogP contribution < -0.4 is 4.74 Å². The summed E-state index contributed by atoms with van der Waals surface area (Å²) in [5.74, 6) is 0.475. The number of para-hydroxylation sites is 1. The van der Waals surface area contributed by atoms with Crippen LogP contribution in [-0.2, 0) is 4.74 Å². The zero-order chi connectivity index (χ0) is 9.17. The minimum absolute atomic E-state index is 0.120. The van der Waals surface area contributed by atoms with Gasteiger partial charge in [-0.05, 0) is 12.1 Å². The molecule has 4 rings (SSSR count). The summed E-state index contributed by atoms with van der Waals surface area (Å²) in [5.41, 5.74) is 2.33. The van der Waals surface area contributed by atoms with Crippen LogP contribution in [0.3, 0.4) is 0 Å². The van der Waals surface area contributed by atoms with E-state index in [4.69, 9.17) is 9.47 Å². The molecule has 14 heavy (non-hydrogen) atoms. The van der Waals surface area contributed by atoms with E-state index in [0.717, 1.165) is 5.75 Å². The molecule has 1 aromatic carbocycles. The molecule has 1 spiro atoms. The third-order valence-electron chi connectivity index (χ3n) is 2.98. The average molecular weight is 184 g/mol. The number of hydrogen-bond donors (Lipinski definition) is 0. The maximum absolute atomic E-state index is 5.83. The molecule has 2 unspecified atom stereocenters. The van der Waals surface area contributed by atoms with Crippen LogP contribution in [0.5, 0.6) is 5.75 Å². The Kier molecular flexibility index (Phi) is 0.946. The van der Waals surface area contributed by atoms with E-state index in [1.54, 1.807) is 0 Å². The van der Waals surface area contributed by atoms with Crippen LogP contribution in [0.4, 0.5) is 0 Å². The van der Waals surface area contributed by atoms with Gasteiger partial charge in [0.05, 0.1) is 0 Å². The molecule has 2 heteroatoms. The fraction of sp³-hybridized carbons (Fsp3) is 0.167. The Morgan fingerprint density at radius 1 is 1.21 bits per heavy atom. The molecule has 2 nitrogen and oxygen atoms in total. The molecule has 0 bridgehead atoms. The van der Waals surface area contributed by atoms with Gasteiger partial charge in [0.2, 0.25) is 0 Å². The second-order valence-corrected chi connectivity index (χ2v) is 3.77. The van der Waals surface area contributed by atoms with Crippen LogP contribution in [0.2, 0.25) is 0 Å². The van der Waals surface area contributed by atoms with Gasteiger partial charge in [0, 0.05) is 11.1 Å². The molecule has 1 saturated heterocycles. The lowest BCUT2D eigenvalue weighted by Gasteiger charge is -2.07. The molecular formula is C12H8O2. The average Bonchev–Trinajstić information content (AvgIpc) is 2.83. The van der Waals surface area contributed by atoms with Crippen molar-refractivity contribution in [1.82, 2.24) is 0 Å². The predicted molar refractivity (Wildman–Crippen MR) is 51.8 cm³/mol. The SMILES string of the molecule is C1=CC2OC23Oc2ccccc2C3=C1. The first-order valence-electron chi connectivity index (χ1n) is 4.75. The minimum Gasteiger partial charge on any atom is -0.454 e. The highest BCUT2D eigenvalue weighted by molar-refractivity contribution is 5.84. The van der Waals surface area contributed by atoms with E-state index in [1.807, 2.05) is 30.4 Å². The first-order chi connectivity index (χ1) is 6.90. The van der Waals surface area contributed by atoms with Gasteiger partial charge in [0.1, 0.15) is 5.75 Å². The zero-order valence-electron chi connectivity index (χ0n) is 7.44. The Hall–Kier alpha value is -1.54. The zero-order valence-corrected chi connectivity index (χ0v) is 7.44. The normalized spacial score (nSPS) is 35.1. The van der Waals surface area contributed by atoms with Crippen molar-refractivity contribution in [2.75, 3.05) is 0 Å². The molecule has 1 aromatic rings. The Morgan fingerprint density at radius 2 is 2.14 bits per heavy atom. The second kappa shape index (κ2) is 1.93. The van der Waals surface area contributed by atoms with Gasteiger partial charge in [0.25, 0.3) is 5.79 Å². The lowest BCUT2D eigenvalue weighted by Crippen LogP contribution is -2.20. The summed E-state index contributed by atoms with van der Waals surface area (Å²) < 4.78 is 11.4. The van der Waals surface area contributed by atoms with Crippen LogP contribution in [-0.4, -0.2) is 11.9 Å². The third kappa shape index (κ3) is 0.601. The van der Waals surface area contributed by atoms with Crippen LogP contribution in [0.1, 0.15) is 5.56 Å². The van der Waals surface area contributed by atoms with Crippen LogP contribution in [0, 0.1) is 0 Å². The maximum atomic E-state index is 5.83. The molecular weight excluding hydrogens is 176 g/mol. The fourth-order valence-electron chi connectivity index (χ4n) is 2.26. The molecule has 68 valence electrons. The Balaban J connectivity index is 2.00. The standard InChI is InChI=1S/C12H8O2/c1-2-6-10-8(4-1)9-5-3-7-11-12(9,13-10)14-11/h1-7,11H. The van der Waals surface area contributed by atoms with E-state index in [1.165, 1.54) is 11.1 Å². The van der Waals surface area contributed by atoms with E-state index < -0.39 is 5.79 Å². The van der Waals surface area contributed by atoms with Gasteiger partial charge in [-0.15, -0.1) is 0 Å². The molecule has 0 radical (unpaired) electrons. The summed E-state index contributed by atoms with van der Waals surface area (Å²) in [6.45, 7) is 0. The molecule has 0 aromatic heterocycles. The number of benzene rings is 1. The lowest BCUT2D eigenvalue weighted by atomic mass is 9.97. The van der Waals surface area contributed by atoms with Gasteiger partial charge >= 0.3 is 0 Å².